The molecular weight excluding hydrogens is 206 g/mol. The summed E-state index contributed by atoms with van der Waals surface area (Å²) in [5.74, 6) is 1.45. The molecule has 0 rings (SSSR count). The van der Waals surface area contributed by atoms with E-state index in [1.54, 1.807) is 0 Å². The summed E-state index contributed by atoms with van der Waals surface area (Å²) in [5.41, 5.74) is 6.24. The molecule has 0 amide bonds. The SMILES string of the molecule is C=CC(CC)CC(C)(C)CC(C)CCC(C)N. The maximum Gasteiger partial charge on any atom is 0.00105 e. The molecule has 0 bridgehead atoms. The largest absolute Gasteiger partial charge is 0.328 e. The van der Waals surface area contributed by atoms with Crippen LogP contribution in [-0.2, 0) is 0 Å². The second-order valence-electron chi connectivity index (χ2n) is 6.64. The molecule has 102 valence electrons. The summed E-state index contributed by atoms with van der Waals surface area (Å²) in [6, 6.07) is 0.345. The maximum absolute atomic E-state index is 5.81. The highest BCUT2D eigenvalue weighted by Gasteiger charge is 2.23. The van der Waals surface area contributed by atoms with Crippen molar-refractivity contribution in [3.8, 4) is 0 Å². The third-order valence-corrected chi connectivity index (χ3v) is 3.69. The third-order valence-electron chi connectivity index (χ3n) is 3.69. The summed E-state index contributed by atoms with van der Waals surface area (Å²) < 4.78 is 0. The van der Waals surface area contributed by atoms with E-state index in [1.165, 1.54) is 25.7 Å². The first-order valence-corrected chi connectivity index (χ1v) is 7.19. The summed E-state index contributed by atoms with van der Waals surface area (Å²) in [6.07, 6.45) is 8.29. The summed E-state index contributed by atoms with van der Waals surface area (Å²) in [4.78, 5) is 0. The quantitative estimate of drug-likeness (QED) is 0.576. The molecule has 0 spiro atoms. The molecular formula is C16H33N. The summed E-state index contributed by atoms with van der Waals surface area (Å²) in [6.45, 7) is 15.4. The lowest BCUT2D eigenvalue weighted by Gasteiger charge is -2.31. The highest BCUT2D eigenvalue weighted by Crippen LogP contribution is 2.35. The fourth-order valence-corrected chi connectivity index (χ4v) is 2.78. The monoisotopic (exact) mass is 239 g/mol. The average molecular weight is 239 g/mol. The molecule has 1 heteroatoms. The summed E-state index contributed by atoms with van der Waals surface area (Å²) >= 11 is 0. The van der Waals surface area contributed by atoms with Crippen LogP contribution >= 0.6 is 0 Å². The molecule has 0 fully saturated rings. The Labute approximate surface area is 109 Å². The Bertz CT molecular complexity index is 206. The molecule has 3 atom stereocenters. The van der Waals surface area contributed by atoms with Gasteiger partial charge in [0.15, 0.2) is 0 Å². The molecule has 0 aliphatic rings. The van der Waals surface area contributed by atoms with Crippen LogP contribution in [0.1, 0.15) is 66.7 Å². The molecule has 0 radical (unpaired) electrons. The molecule has 0 aromatic rings. The Hall–Kier alpha value is -0.300. The highest BCUT2D eigenvalue weighted by atomic mass is 14.6. The number of nitrogens with two attached hydrogens (primary N) is 1. The number of hydrogen-bond donors (Lipinski definition) is 1. The van der Waals surface area contributed by atoms with Crippen molar-refractivity contribution in [1.82, 2.24) is 0 Å². The first kappa shape index (κ1) is 16.7. The van der Waals surface area contributed by atoms with Gasteiger partial charge >= 0.3 is 0 Å². The summed E-state index contributed by atoms with van der Waals surface area (Å²) in [5, 5.41) is 0. The van der Waals surface area contributed by atoms with Crippen molar-refractivity contribution < 1.29 is 0 Å². The minimum atomic E-state index is 0.345. The fourth-order valence-electron chi connectivity index (χ4n) is 2.78. The van der Waals surface area contributed by atoms with Crippen LogP contribution in [-0.4, -0.2) is 6.04 Å². The molecule has 2 N–H and O–H groups in total. The Morgan fingerprint density at radius 3 is 2.18 bits per heavy atom. The van der Waals surface area contributed by atoms with Gasteiger partial charge in [-0.2, -0.15) is 0 Å². The standard InChI is InChI=1S/C16H33N/c1-7-15(8-2)12-16(5,6)11-13(3)9-10-14(4)17/h7,13-15H,1,8-12,17H2,2-6H3. The maximum atomic E-state index is 5.81. The highest BCUT2D eigenvalue weighted by molar-refractivity contribution is 4.84. The van der Waals surface area contributed by atoms with Crippen molar-refractivity contribution in [2.75, 3.05) is 0 Å². The van der Waals surface area contributed by atoms with Crippen LogP contribution in [0.4, 0.5) is 0 Å². The van der Waals surface area contributed by atoms with E-state index < -0.39 is 0 Å². The number of rotatable bonds is 9. The zero-order valence-electron chi connectivity index (χ0n) is 12.6. The number of allylic oxidation sites excluding steroid dienone is 1. The minimum Gasteiger partial charge on any atom is -0.328 e. The van der Waals surface area contributed by atoms with E-state index in [9.17, 15) is 0 Å². The smallest absolute Gasteiger partial charge is 0.00105 e. The first-order valence-electron chi connectivity index (χ1n) is 7.19. The molecule has 17 heavy (non-hydrogen) atoms. The van der Waals surface area contributed by atoms with E-state index >= 15 is 0 Å². The minimum absolute atomic E-state index is 0.345. The van der Waals surface area contributed by atoms with Crippen LogP contribution in [0, 0.1) is 17.3 Å². The lowest BCUT2D eigenvalue weighted by Crippen LogP contribution is -2.21. The molecule has 1 nitrogen and oxygen atoms in total. The van der Waals surface area contributed by atoms with Gasteiger partial charge in [-0.15, -0.1) is 6.58 Å². The Balaban J connectivity index is 4.09. The average Bonchev–Trinajstić information content (AvgIpc) is 2.22. The second-order valence-corrected chi connectivity index (χ2v) is 6.64. The molecule has 0 aliphatic carbocycles. The first-order chi connectivity index (χ1) is 7.80. The molecule has 0 aliphatic heterocycles. The Morgan fingerprint density at radius 1 is 1.18 bits per heavy atom. The second kappa shape index (κ2) is 7.92. The molecule has 3 unspecified atom stereocenters. The van der Waals surface area contributed by atoms with E-state index in [4.69, 9.17) is 5.73 Å². The van der Waals surface area contributed by atoms with E-state index in [0.29, 0.717) is 17.4 Å². The molecule has 0 aromatic carbocycles. The Morgan fingerprint density at radius 2 is 1.76 bits per heavy atom. The lowest BCUT2D eigenvalue weighted by atomic mass is 9.75. The zero-order valence-corrected chi connectivity index (χ0v) is 12.6. The van der Waals surface area contributed by atoms with E-state index in [-0.39, 0.29) is 0 Å². The van der Waals surface area contributed by atoms with Crippen molar-refractivity contribution in [3.63, 3.8) is 0 Å². The van der Waals surface area contributed by atoms with Gasteiger partial charge < -0.3 is 5.73 Å². The molecule has 0 heterocycles. The van der Waals surface area contributed by atoms with Gasteiger partial charge in [0.25, 0.3) is 0 Å². The van der Waals surface area contributed by atoms with Gasteiger partial charge in [0, 0.05) is 6.04 Å². The predicted octanol–water partition coefficient (Wildman–Crippen LogP) is 4.77. The molecule has 0 saturated heterocycles. The predicted molar refractivity (Wildman–Crippen MR) is 79.0 cm³/mol. The molecule has 0 aromatic heterocycles. The fraction of sp³-hybridized carbons (Fsp3) is 0.875. The van der Waals surface area contributed by atoms with Crippen molar-refractivity contribution >= 4 is 0 Å². The lowest BCUT2D eigenvalue weighted by molar-refractivity contribution is 0.219. The van der Waals surface area contributed by atoms with Crippen molar-refractivity contribution in [2.45, 2.75) is 72.8 Å². The normalized spacial score (nSPS) is 17.5. The topological polar surface area (TPSA) is 26.0 Å². The Kier molecular flexibility index (Phi) is 7.78. The summed E-state index contributed by atoms with van der Waals surface area (Å²) in [7, 11) is 0. The van der Waals surface area contributed by atoms with E-state index in [2.05, 4.69) is 47.3 Å². The van der Waals surface area contributed by atoms with Gasteiger partial charge in [0.1, 0.15) is 0 Å². The van der Waals surface area contributed by atoms with Crippen LogP contribution in [0.2, 0.25) is 0 Å². The van der Waals surface area contributed by atoms with Gasteiger partial charge in [-0.1, -0.05) is 33.8 Å². The van der Waals surface area contributed by atoms with E-state index in [1.807, 2.05) is 0 Å². The number of hydrogen-bond acceptors (Lipinski definition) is 1. The van der Waals surface area contributed by atoms with Crippen LogP contribution in [0.25, 0.3) is 0 Å². The van der Waals surface area contributed by atoms with Crippen molar-refractivity contribution in [1.29, 1.82) is 0 Å². The van der Waals surface area contributed by atoms with Crippen LogP contribution in [0.5, 0.6) is 0 Å². The van der Waals surface area contributed by atoms with Gasteiger partial charge in [-0.05, 0) is 56.3 Å². The van der Waals surface area contributed by atoms with Crippen LogP contribution in [0.15, 0.2) is 12.7 Å². The van der Waals surface area contributed by atoms with Crippen LogP contribution < -0.4 is 5.73 Å². The van der Waals surface area contributed by atoms with Crippen molar-refractivity contribution in [2.24, 2.45) is 23.0 Å². The third kappa shape index (κ3) is 8.43. The zero-order chi connectivity index (χ0) is 13.5. The van der Waals surface area contributed by atoms with E-state index in [0.717, 1.165) is 12.3 Å². The molecule has 0 saturated carbocycles. The van der Waals surface area contributed by atoms with Gasteiger partial charge in [0.2, 0.25) is 0 Å². The van der Waals surface area contributed by atoms with Gasteiger partial charge in [-0.25, -0.2) is 0 Å². The van der Waals surface area contributed by atoms with Crippen molar-refractivity contribution in [3.05, 3.63) is 12.7 Å². The van der Waals surface area contributed by atoms with Gasteiger partial charge in [-0.3, -0.25) is 0 Å². The van der Waals surface area contributed by atoms with Crippen LogP contribution in [0.3, 0.4) is 0 Å². The van der Waals surface area contributed by atoms with Gasteiger partial charge in [0.05, 0.1) is 0 Å².